The summed E-state index contributed by atoms with van der Waals surface area (Å²) in [5, 5.41) is 8.15. The standard InChI is InChI=1S/C13H14BrN3O2.C13H13BrN2O2.CH4O/c1-16-8-11(9-4-6-10(14)7-5-9)15-12(16)13(18)17(2)19-3;1-3-18-13(17)12-15-11(8-16(12)2)9-4-6-10(14)7-5-9;1-2/h4-8H,1-3H3;4-8H,3H2,1-2H3;2H,1H3. The quantitative estimate of drug-likeness (QED) is 0.225. The van der Waals surface area contributed by atoms with E-state index in [1.165, 1.54) is 7.11 Å². The first kappa shape index (κ1) is 31.9. The topological polar surface area (TPSA) is 112 Å². The molecule has 0 radical (unpaired) electrons. The van der Waals surface area contributed by atoms with Gasteiger partial charge in [-0.3, -0.25) is 9.63 Å². The highest BCUT2D eigenvalue weighted by molar-refractivity contribution is 9.10. The number of benzene rings is 2. The van der Waals surface area contributed by atoms with Gasteiger partial charge in [0.05, 0.1) is 25.1 Å². The van der Waals surface area contributed by atoms with Crippen molar-refractivity contribution in [3.63, 3.8) is 0 Å². The van der Waals surface area contributed by atoms with Crippen LogP contribution in [0.25, 0.3) is 22.5 Å². The smallest absolute Gasteiger partial charge is 0.374 e. The fourth-order valence-electron chi connectivity index (χ4n) is 3.26. The number of halogens is 2. The predicted molar refractivity (Wildman–Crippen MR) is 156 cm³/mol. The van der Waals surface area contributed by atoms with Crippen LogP contribution in [0.3, 0.4) is 0 Å². The Morgan fingerprint density at radius 3 is 1.67 bits per heavy atom. The average molecular weight is 665 g/mol. The maximum absolute atomic E-state index is 12.0. The van der Waals surface area contributed by atoms with Crippen molar-refractivity contribution < 1.29 is 24.3 Å². The van der Waals surface area contributed by atoms with Gasteiger partial charge in [0, 0.05) is 60.7 Å². The number of carbonyl (C=O) groups is 2. The first-order valence-electron chi connectivity index (χ1n) is 11.7. The molecule has 0 aliphatic carbocycles. The molecule has 208 valence electrons. The molecular formula is C27H31Br2N5O5. The highest BCUT2D eigenvalue weighted by Gasteiger charge is 2.19. The Hall–Kier alpha value is -3.32. The molecular weight excluding hydrogens is 634 g/mol. The molecule has 0 unspecified atom stereocenters. The minimum atomic E-state index is -0.400. The molecule has 0 aliphatic rings. The van der Waals surface area contributed by atoms with Crippen molar-refractivity contribution in [2.75, 3.05) is 27.9 Å². The molecule has 39 heavy (non-hydrogen) atoms. The van der Waals surface area contributed by atoms with E-state index < -0.39 is 5.97 Å². The van der Waals surface area contributed by atoms with Crippen LogP contribution in [0.1, 0.15) is 28.2 Å². The Balaban J connectivity index is 0.000000258. The molecule has 1 N–H and O–H groups in total. The van der Waals surface area contributed by atoms with Crippen molar-refractivity contribution in [1.29, 1.82) is 0 Å². The number of aliphatic hydroxyl groups excluding tert-OH is 1. The molecule has 12 heteroatoms. The van der Waals surface area contributed by atoms with Gasteiger partial charge in [-0.05, 0) is 31.2 Å². The number of imidazole rings is 2. The fraction of sp³-hybridized carbons (Fsp3) is 0.259. The number of aliphatic hydroxyl groups is 1. The molecule has 4 rings (SSSR count). The lowest BCUT2D eigenvalue weighted by Crippen LogP contribution is -2.27. The van der Waals surface area contributed by atoms with Gasteiger partial charge in [-0.15, -0.1) is 0 Å². The van der Waals surface area contributed by atoms with Crippen molar-refractivity contribution in [2.24, 2.45) is 14.1 Å². The summed E-state index contributed by atoms with van der Waals surface area (Å²) in [5.41, 5.74) is 3.43. The van der Waals surface area contributed by atoms with E-state index in [2.05, 4.69) is 41.8 Å². The largest absolute Gasteiger partial charge is 0.460 e. The van der Waals surface area contributed by atoms with Gasteiger partial charge in [0.15, 0.2) is 0 Å². The number of ether oxygens (including phenoxy) is 1. The zero-order valence-electron chi connectivity index (χ0n) is 22.6. The molecule has 0 bridgehead atoms. The van der Waals surface area contributed by atoms with Crippen LogP contribution in [0.15, 0.2) is 69.9 Å². The van der Waals surface area contributed by atoms with E-state index >= 15 is 0 Å². The molecule has 0 fully saturated rings. The number of hydrogen-bond acceptors (Lipinski definition) is 7. The minimum absolute atomic E-state index is 0.284. The number of nitrogens with zero attached hydrogens (tertiary/aromatic N) is 5. The number of hydrogen-bond donors (Lipinski definition) is 1. The van der Waals surface area contributed by atoms with E-state index in [1.807, 2.05) is 60.9 Å². The van der Waals surface area contributed by atoms with Gasteiger partial charge >= 0.3 is 11.9 Å². The van der Waals surface area contributed by atoms with Gasteiger partial charge in [0.25, 0.3) is 0 Å². The van der Waals surface area contributed by atoms with Gasteiger partial charge in [0.1, 0.15) is 0 Å². The lowest BCUT2D eigenvalue weighted by molar-refractivity contribution is -0.0766. The van der Waals surface area contributed by atoms with E-state index in [9.17, 15) is 9.59 Å². The zero-order valence-corrected chi connectivity index (χ0v) is 25.7. The minimum Gasteiger partial charge on any atom is -0.460 e. The van der Waals surface area contributed by atoms with E-state index in [-0.39, 0.29) is 5.91 Å². The van der Waals surface area contributed by atoms with Crippen molar-refractivity contribution in [3.05, 3.63) is 81.5 Å². The van der Waals surface area contributed by atoms with E-state index in [4.69, 9.17) is 14.7 Å². The van der Waals surface area contributed by atoms with Crippen LogP contribution in [0, 0.1) is 0 Å². The number of carbonyl (C=O) groups excluding carboxylic acids is 2. The summed E-state index contributed by atoms with van der Waals surface area (Å²) in [5.74, 6) is -0.0336. The Kier molecular flexibility index (Phi) is 12.5. The van der Waals surface area contributed by atoms with Crippen LogP contribution in [0.2, 0.25) is 0 Å². The number of rotatable bonds is 6. The third-order valence-corrected chi connectivity index (χ3v) is 6.30. The molecule has 0 aliphatic heterocycles. The van der Waals surface area contributed by atoms with Crippen LogP contribution < -0.4 is 0 Å². The molecule has 0 saturated carbocycles. The van der Waals surface area contributed by atoms with Crippen LogP contribution >= 0.6 is 31.9 Å². The highest BCUT2D eigenvalue weighted by Crippen LogP contribution is 2.22. The maximum atomic E-state index is 12.0. The molecule has 4 aromatic rings. The first-order chi connectivity index (χ1) is 18.6. The first-order valence-corrected chi connectivity index (χ1v) is 13.3. The number of aromatic nitrogens is 4. The normalized spacial score (nSPS) is 10.1. The van der Waals surface area contributed by atoms with Crippen LogP contribution in [-0.4, -0.2) is 69.0 Å². The van der Waals surface area contributed by atoms with Gasteiger partial charge < -0.3 is 19.0 Å². The second-order valence-electron chi connectivity index (χ2n) is 7.84. The molecule has 2 aromatic carbocycles. The second kappa shape index (κ2) is 15.3. The molecule has 0 atom stereocenters. The maximum Gasteiger partial charge on any atom is 0.374 e. The van der Waals surface area contributed by atoms with Crippen molar-refractivity contribution >= 4 is 43.7 Å². The van der Waals surface area contributed by atoms with Gasteiger partial charge in [0.2, 0.25) is 11.6 Å². The predicted octanol–water partition coefficient (Wildman–Crippen LogP) is 5.12. The Bertz CT molecular complexity index is 1370. The number of hydroxylamine groups is 2. The Morgan fingerprint density at radius 2 is 1.26 bits per heavy atom. The molecule has 0 spiro atoms. The van der Waals surface area contributed by atoms with Gasteiger partial charge in [-0.1, -0.05) is 56.1 Å². The average Bonchev–Trinajstić information content (AvgIpc) is 3.53. The summed E-state index contributed by atoms with van der Waals surface area (Å²) in [7, 11) is 7.56. The van der Waals surface area contributed by atoms with Crippen molar-refractivity contribution in [2.45, 2.75) is 6.92 Å². The summed E-state index contributed by atoms with van der Waals surface area (Å²) >= 11 is 6.77. The van der Waals surface area contributed by atoms with E-state index in [1.54, 1.807) is 37.2 Å². The third-order valence-electron chi connectivity index (χ3n) is 5.24. The van der Waals surface area contributed by atoms with E-state index in [0.717, 1.165) is 43.6 Å². The highest BCUT2D eigenvalue weighted by atomic mass is 79.9. The van der Waals surface area contributed by atoms with Crippen molar-refractivity contribution in [3.8, 4) is 22.5 Å². The van der Waals surface area contributed by atoms with E-state index in [0.29, 0.717) is 18.3 Å². The summed E-state index contributed by atoms with van der Waals surface area (Å²) in [6.45, 7) is 2.12. The molecule has 2 heterocycles. The summed E-state index contributed by atoms with van der Waals surface area (Å²) in [4.78, 5) is 37.2. The Labute approximate surface area is 244 Å². The number of amides is 1. The van der Waals surface area contributed by atoms with Crippen LogP contribution in [0.4, 0.5) is 0 Å². The monoisotopic (exact) mass is 663 g/mol. The lowest BCUT2D eigenvalue weighted by Gasteiger charge is -2.12. The summed E-state index contributed by atoms with van der Waals surface area (Å²) in [6.07, 6.45) is 3.63. The van der Waals surface area contributed by atoms with Crippen LogP contribution in [-0.2, 0) is 23.7 Å². The molecule has 0 saturated heterocycles. The second-order valence-corrected chi connectivity index (χ2v) is 9.67. The molecule has 1 amide bonds. The SMILES string of the molecule is CCOC(=O)c1nc(-c2ccc(Br)cc2)cn1C.CO.CON(C)C(=O)c1nc(-c2ccc(Br)cc2)cn1C. The summed E-state index contributed by atoms with van der Waals surface area (Å²) < 4.78 is 10.3. The molecule has 10 nitrogen and oxygen atoms in total. The number of aryl methyl sites for hydroxylation is 2. The lowest BCUT2D eigenvalue weighted by atomic mass is 10.2. The van der Waals surface area contributed by atoms with Gasteiger partial charge in [-0.2, -0.15) is 0 Å². The summed E-state index contributed by atoms with van der Waals surface area (Å²) in [6, 6.07) is 15.5. The zero-order chi connectivity index (χ0) is 29.1. The Morgan fingerprint density at radius 1 is 0.846 bits per heavy atom. The third kappa shape index (κ3) is 8.59. The number of esters is 1. The van der Waals surface area contributed by atoms with Crippen molar-refractivity contribution in [1.82, 2.24) is 24.2 Å². The van der Waals surface area contributed by atoms with Crippen LogP contribution in [0.5, 0.6) is 0 Å². The van der Waals surface area contributed by atoms with Gasteiger partial charge in [-0.25, -0.2) is 19.8 Å². The molecule has 2 aromatic heterocycles. The fourth-order valence-corrected chi connectivity index (χ4v) is 3.79.